The molecule has 1 aliphatic heterocycles. The van der Waals surface area contributed by atoms with Gasteiger partial charge in [0.15, 0.2) is 0 Å². The number of carboxylic acid groups (broad SMARTS) is 1. The van der Waals surface area contributed by atoms with Crippen LogP contribution in [0.15, 0.2) is 53.6 Å². The zero-order valence-electron chi connectivity index (χ0n) is 22.7. The molecule has 5 rings (SSSR count). The molecule has 4 aromatic rings. The van der Waals surface area contributed by atoms with Crippen LogP contribution in [0.25, 0.3) is 11.0 Å². The maximum absolute atomic E-state index is 13.7. The largest absolute Gasteiger partial charge is 0.494 e. The second-order valence-electron chi connectivity index (χ2n) is 9.89. The Balaban J connectivity index is 1.56. The van der Waals surface area contributed by atoms with Crippen molar-refractivity contribution >= 4 is 27.0 Å². The molecular formula is C28H31N5O6S. The summed E-state index contributed by atoms with van der Waals surface area (Å²) in [6.07, 6.45) is 1.58. The molecule has 0 radical (unpaired) electrons. The number of hydrogen-bond acceptors (Lipinski definition) is 8. The van der Waals surface area contributed by atoms with Crippen LogP contribution < -0.4 is 9.47 Å². The summed E-state index contributed by atoms with van der Waals surface area (Å²) in [7, 11) is -0.587. The van der Waals surface area contributed by atoms with Crippen molar-refractivity contribution in [3.63, 3.8) is 0 Å². The van der Waals surface area contributed by atoms with Gasteiger partial charge in [0.25, 0.3) is 0 Å². The Morgan fingerprint density at radius 1 is 1.23 bits per heavy atom. The SMILES string of the molecule is CC[C@@H]1CN(Cc2cc(C(CC(=O)O)c3cc(OC)c4c(c3)nnn4C)ccc2C)S(=O)(=O)c2cccnc2O1. The van der Waals surface area contributed by atoms with Gasteiger partial charge < -0.3 is 14.6 Å². The number of carbonyl (C=O) groups is 1. The summed E-state index contributed by atoms with van der Waals surface area (Å²) in [5, 5.41) is 18.1. The fraction of sp³-hybridized carbons (Fsp3) is 0.357. The summed E-state index contributed by atoms with van der Waals surface area (Å²) in [5.74, 6) is -0.851. The summed E-state index contributed by atoms with van der Waals surface area (Å²) in [6.45, 7) is 4.11. The number of pyridine rings is 1. The van der Waals surface area contributed by atoms with Gasteiger partial charge in [-0.3, -0.25) is 4.79 Å². The number of nitrogens with zero attached hydrogens (tertiary/aromatic N) is 5. The van der Waals surface area contributed by atoms with E-state index in [-0.39, 0.29) is 36.4 Å². The molecule has 1 aliphatic rings. The maximum Gasteiger partial charge on any atom is 0.304 e. The minimum absolute atomic E-state index is 0.0351. The molecule has 12 heteroatoms. The van der Waals surface area contributed by atoms with Crippen molar-refractivity contribution in [1.82, 2.24) is 24.3 Å². The normalized spacial score (nSPS) is 17.6. The highest BCUT2D eigenvalue weighted by Gasteiger charge is 2.35. The monoisotopic (exact) mass is 565 g/mol. The first kappa shape index (κ1) is 27.5. The minimum atomic E-state index is -3.89. The number of aromatic nitrogens is 4. The molecule has 2 aromatic heterocycles. The lowest BCUT2D eigenvalue weighted by Crippen LogP contribution is -2.36. The maximum atomic E-state index is 13.7. The van der Waals surface area contributed by atoms with Crippen LogP contribution in [0.1, 0.15) is 47.9 Å². The van der Waals surface area contributed by atoms with E-state index in [0.717, 1.165) is 16.7 Å². The van der Waals surface area contributed by atoms with Crippen LogP contribution in [0, 0.1) is 6.92 Å². The molecule has 0 aliphatic carbocycles. The van der Waals surface area contributed by atoms with Crippen molar-refractivity contribution < 1.29 is 27.8 Å². The quantitative estimate of drug-likeness (QED) is 0.339. The zero-order valence-corrected chi connectivity index (χ0v) is 23.6. The molecule has 0 saturated heterocycles. The molecule has 2 atom stereocenters. The number of carboxylic acids is 1. The molecule has 2 aromatic carbocycles. The fourth-order valence-electron chi connectivity index (χ4n) is 5.09. The average molecular weight is 566 g/mol. The van der Waals surface area contributed by atoms with Crippen molar-refractivity contribution in [2.45, 2.75) is 50.2 Å². The van der Waals surface area contributed by atoms with E-state index < -0.39 is 21.9 Å². The Kier molecular flexibility index (Phi) is 7.47. The van der Waals surface area contributed by atoms with Crippen molar-refractivity contribution in [3.05, 3.63) is 70.9 Å². The van der Waals surface area contributed by atoms with Crippen molar-refractivity contribution in [1.29, 1.82) is 0 Å². The lowest BCUT2D eigenvalue weighted by Gasteiger charge is -2.24. The number of aryl methyl sites for hydroxylation is 2. The van der Waals surface area contributed by atoms with Crippen LogP contribution in [0.3, 0.4) is 0 Å². The van der Waals surface area contributed by atoms with Gasteiger partial charge in [-0.2, -0.15) is 4.31 Å². The lowest BCUT2D eigenvalue weighted by atomic mass is 9.86. The molecule has 1 N–H and O–H groups in total. The van der Waals surface area contributed by atoms with Crippen LogP contribution in [-0.2, 0) is 28.4 Å². The second kappa shape index (κ2) is 10.9. The predicted molar refractivity (Wildman–Crippen MR) is 147 cm³/mol. The highest BCUT2D eigenvalue weighted by molar-refractivity contribution is 7.89. The molecule has 0 fully saturated rings. The van der Waals surface area contributed by atoms with Crippen molar-refractivity contribution in [2.75, 3.05) is 13.7 Å². The van der Waals surface area contributed by atoms with Gasteiger partial charge in [-0.25, -0.2) is 18.1 Å². The minimum Gasteiger partial charge on any atom is -0.494 e. The third-order valence-electron chi connectivity index (χ3n) is 7.31. The number of fused-ring (bicyclic) bond motifs is 2. The van der Waals surface area contributed by atoms with Crippen LogP contribution in [0.4, 0.5) is 0 Å². The Morgan fingerprint density at radius 2 is 2.02 bits per heavy atom. The molecule has 0 spiro atoms. The molecule has 0 bridgehead atoms. The van der Waals surface area contributed by atoms with Crippen LogP contribution >= 0.6 is 0 Å². The van der Waals surface area contributed by atoms with E-state index in [1.807, 2.05) is 44.2 Å². The molecule has 3 heterocycles. The molecule has 11 nitrogen and oxygen atoms in total. The van der Waals surface area contributed by atoms with Gasteiger partial charge in [0, 0.05) is 25.7 Å². The molecule has 0 saturated carbocycles. The topological polar surface area (TPSA) is 137 Å². The smallest absolute Gasteiger partial charge is 0.304 e. The number of methoxy groups -OCH3 is 1. The lowest BCUT2D eigenvalue weighted by molar-refractivity contribution is -0.137. The molecule has 0 amide bonds. The van der Waals surface area contributed by atoms with Crippen LogP contribution in [-0.4, -0.2) is 63.5 Å². The number of hydrogen-bond donors (Lipinski definition) is 1. The van der Waals surface area contributed by atoms with Crippen LogP contribution in [0.2, 0.25) is 0 Å². The van der Waals surface area contributed by atoms with E-state index in [0.29, 0.717) is 28.8 Å². The Hall–Kier alpha value is -4.03. The van der Waals surface area contributed by atoms with E-state index in [4.69, 9.17) is 9.47 Å². The average Bonchev–Trinajstić information content (AvgIpc) is 3.27. The van der Waals surface area contributed by atoms with E-state index in [9.17, 15) is 18.3 Å². The van der Waals surface area contributed by atoms with Crippen molar-refractivity contribution in [2.24, 2.45) is 7.05 Å². The summed E-state index contributed by atoms with van der Waals surface area (Å²) >= 11 is 0. The Bertz CT molecular complexity index is 1690. The predicted octanol–water partition coefficient (Wildman–Crippen LogP) is 3.65. The van der Waals surface area contributed by atoms with E-state index in [1.165, 1.54) is 16.6 Å². The summed E-state index contributed by atoms with van der Waals surface area (Å²) < 4.78 is 41.9. The van der Waals surface area contributed by atoms with Gasteiger partial charge in [0.05, 0.1) is 20.1 Å². The molecular weight excluding hydrogens is 534 g/mol. The third-order valence-corrected chi connectivity index (χ3v) is 9.13. The first-order valence-corrected chi connectivity index (χ1v) is 14.4. The Labute approximate surface area is 232 Å². The number of ether oxygens (including phenoxy) is 2. The number of sulfonamides is 1. The summed E-state index contributed by atoms with van der Waals surface area (Å²) in [6, 6.07) is 12.4. The van der Waals surface area contributed by atoms with Gasteiger partial charge in [0.2, 0.25) is 15.9 Å². The molecule has 1 unspecified atom stereocenters. The number of rotatable bonds is 8. The molecule has 210 valence electrons. The fourth-order valence-corrected chi connectivity index (χ4v) is 6.61. The van der Waals surface area contributed by atoms with Gasteiger partial charge >= 0.3 is 5.97 Å². The second-order valence-corrected chi connectivity index (χ2v) is 11.8. The third kappa shape index (κ3) is 5.11. The zero-order chi connectivity index (χ0) is 28.6. The van der Waals surface area contributed by atoms with E-state index in [1.54, 1.807) is 24.9 Å². The number of benzene rings is 2. The number of aliphatic carboxylic acids is 1. The van der Waals surface area contributed by atoms with Gasteiger partial charge in [0.1, 0.15) is 27.8 Å². The highest BCUT2D eigenvalue weighted by atomic mass is 32.2. The van der Waals surface area contributed by atoms with Gasteiger partial charge in [-0.05, 0) is 59.9 Å². The first-order valence-electron chi connectivity index (χ1n) is 12.9. The van der Waals surface area contributed by atoms with E-state index >= 15 is 0 Å². The van der Waals surface area contributed by atoms with E-state index in [2.05, 4.69) is 15.3 Å². The molecule has 40 heavy (non-hydrogen) atoms. The standard InChI is InChI=1S/C28H31N5O6S/c1-5-21-16-33(40(36,37)25-7-6-10-29-28(25)39-21)15-20-11-18(9-8-17(20)2)22(14-26(34)35)19-12-23-27(24(13-19)38-4)32(3)31-30-23/h6-13,21-22H,5,14-16H2,1-4H3,(H,34,35)/t21-,22?/m1/s1. The van der Waals surface area contributed by atoms with Crippen LogP contribution in [0.5, 0.6) is 11.6 Å². The summed E-state index contributed by atoms with van der Waals surface area (Å²) in [5.41, 5.74) is 4.41. The summed E-state index contributed by atoms with van der Waals surface area (Å²) in [4.78, 5) is 16.2. The highest BCUT2D eigenvalue weighted by Crippen LogP contribution is 2.36. The first-order chi connectivity index (χ1) is 19.1. The van der Waals surface area contributed by atoms with Gasteiger partial charge in [-0.15, -0.1) is 5.10 Å². The Morgan fingerprint density at radius 3 is 2.75 bits per heavy atom. The van der Waals surface area contributed by atoms with Crippen molar-refractivity contribution in [3.8, 4) is 11.6 Å². The van der Waals surface area contributed by atoms with Gasteiger partial charge in [-0.1, -0.05) is 30.3 Å².